The fraction of sp³-hybridized carbons (Fsp3) is 0.290. The number of anilines is 1. The molecule has 1 aliphatic rings. The molecule has 44 heavy (non-hydrogen) atoms. The Labute approximate surface area is 260 Å². The summed E-state index contributed by atoms with van der Waals surface area (Å²) >= 11 is 3.41. The SMILES string of the molecule is CCOc1cc(C=Nn2c(C3CCCCC3)nc3ccc(Br)cc3c2=O)cc([N+](=O)[O-])c1OCC(=O)Nc1cccc(F)c1. The van der Waals surface area contributed by atoms with Crippen molar-refractivity contribution in [2.75, 3.05) is 18.5 Å². The van der Waals surface area contributed by atoms with Gasteiger partial charge in [-0.05, 0) is 62.2 Å². The number of amides is 1. The summed E-state index contributed by atoms with van der Waals surface area (Å²) in [6.45, 7) is 1.25. The number of nitro groups is 1. The second-order valence-electron chi connectivity index (χ2n) is 10.2. The average Bonchev–Trinajstić information content (AvgIpc) is 3.00. The van der Waals surface area contributed by atoms with Gasteiger partial charge in [0.05, 0.1) is 28.6 Å². The van der Waals surface area contributed by atoms with Gasteiger partial charge in [0.1, 0.15) is 11.6 Å². The number of rotatable bonds is 10. The first-order valence-electron chi connectivity index (χ1n) is 14.1. The van der Waals surface area contributed by atoms with Gasteiger partial charge in [0.25, 0.3) is 11.5 Å². The van der Waals surface area contributed by atoms with Crippen molar-refractivity contribution in [3.05, 3.63) is 96.7 Å². The molecule has 0 saturated heterocycles. The Morgan fingerprint density at radius 3 is 2.70 bits per heavy atom. The highest BCUT2D eigenvalue weighted by atomic mass is 79.9. The third-order valence-corrected chi connectivity index (χ3v) is 7.63. The van der Waals surface area contributed by atoms with Crippen LogP contribution >= 0.6 is 15.9 Å². The van der Waals surface area contributed by atoms with Crippen molar-refractivity contribution in [3.8, 4) is 11.5 Å². The minimum Gasteiger partial charge on any atom is -0.490 e. The topological polar surface area (TPSA) is 138 Å². The predicted molar refractivity (Wildman–Crippen MR) is 167 cm³/mol. The predicted octanol–water partition coefficient (Wildman–Crippen LogP) is 6.55. The molecule has 0 unspecified atom stereocenters. The van der Waals surface area contributed by atoms with E-state index in [0.29, 0.717) is 16.7 Å². The average molecular weight is 667 g/mol. The van der Waals surface area contributed by atoms with E-state index in [0.717, 1.165) is 42.6 Å². The molecule has 1 N–H and O–H groups in total. The van der Waals surface area contributed by atoms with Crippen LogP contribution in [-0.2, 0) is 4.79 Å². The molecule has 4 aromatic rings. The number of nitrogens with one attached hydrogen (secondary N) is 1. The molecule has 1 saturated carbocycles. The zero-order valence-electron chi connectivity index (χ0n) is 23.8. The molecular formula is C31H29BrFN5O6. The number of carbonyl (C=O) groups is 1. The van der Waals surface area contributed by atoms with Crippen LogP contribution in [0.15, 0.2) is 69.0 Å². The Hall–Kier alpha value is -4.65. The summed E-state index contributed by atoms with van der Waals surface area (Å²) in [4.78, 5) is 42.3. The zero-order chi connectivity index (χ0) is 31.2. The highest BCUT2D eigenvalue weighted by molar-refractivity contribution is 9.10. The molecule has 5 rings (SSSR count). The molecule has 228 valence electrons. The molecule has 1 fully saturated rings. The van der Waals surface area contributed by atoms with Gasteiger partial charge in [-0.1, -0.05) is 41.3 Å². The number of hydrogen-bond donors (Lipinski definition) is 1. The monoisotopic (exact) mass is 665 g/mol. The van der Waals surface area contributed by atoms with Crippen molar-refractivity contribution >= 4 is 50.3 Å². The number of aromatic nitrogens is 2. The van der Waals surface area contributed by atoms with Gasteiger partial charge in [-0.25, -0.2) is 9.37 Å². The summed E-state index contributed by atoms with van der Waals surface area (Å²) < 4.78 is 26.7. The lowest BCUT2D eigenvalue weighted by atomic mass is 9.88. The minimum absolute atomic E-state index is 0.0159. The molecule has 0 radical (unpaired) electrons. The highest BCUT2D eigenvalue weighted by Gasteiger charge is 2.25. The number of nitro benzene ring substituents is 1. The van der Waals surface area contributed by atoms with Crippen LogP contribution in [0.5, 0.6) is 11.5 Å². The van der Waals surface area contributed by atoms with E-state index < -0.39 is 28.9 Å². The van der Waals surface area contributed by atoms with Gasteiger partial charge in [-0.2, -0.15) is 9.78 Å². The van der Waals surface area contributed by atoms with Gasteiger partial charge >= 0.3 is 5.69 Å². The molecule has 1 aliphatic carbocycles. The second-order valence-corrected chi connectivity index (χ2v) is 11.1. The van der Waals surface area contributed by atoms with Gasteiger partial charge < -0.3 is 14.8 Å². The largest absolute Gasteiger partial charge is 0.490 e. The van der Waals surface area contributed by atoms with Crippen LogP contribution in [0.25, 0.3) is 10.9 Å². The highest BCUT2D eigenvalue weighted by Crippen LogP contribution is 2.38. The molecule has 13 heteroatoms. The maximum absolute atomic E-state index is 13.6. The van der Waals surface area contributed by atoms with E-state index in [1.54, 1.807) is 19.1 Å². The Bertz CT molecular complexity index is 1800. The molecule has 0 atom stereocenters. The molecule has 0 aliphatic heterocycles. The van der Waals surface area contributed by atoms with E-state index in [2.05, 4.69) is 26.3 Å². The van der Waals surface area contributed by atoms with E-state index in [1.165, 1.54) is 41.2 Å². The number of halogens is 2. The molecule has 11 nitrogen and oxygen atoms in total. The van der Waals surface area contributed by atoms with Gasteiger partial charge in [-0.3, -0.25) is 19.7 Å². The second kappa shape index (κ2) is 13.8. The fourth-order valence-electron chi connectivity index (χ4n) is 5.15. The number of ether oxygens (including phenoxy) is 2. The van der Waals surface area contributed by atoms with E-state index >= 15 is 0 Å². The van der Waals surface area contributed by atoms with E-state index in [-0.39, 0.29) is 40.8 Å². The minimum atomic E-state index is -0.658. The van der Waals surface area contributed by atoms with Crippen LogP contribution in [0.4, 0.5) is 15.8 Å². The Morgan fingerprint density at radius 1 is 1.18 bits per heavy atom. The van der Waals surface area contributed by atoms with Gasteiger partial charge in [0, 0.05) is 27.7 Å². The van der Waals surface area contributed by atoms with Gasteiger partial charge in [0.15, 0.2) is 12.4 Å². The molecular weight excluding hydrogens is 637 g/mol. The maximum Gasteiger partial charge on any atom is 0.315 e. The molecule has 0 bridgehead atoms. The van der Waals surface area contributed by atoms with Crippen molar-refractivity contribution < 1.29 is 23.6 Å². The quantitative estimate of drug-likeness (QED) is 0.115. The lowest BCUT2D eigenvalue weighted by Crippen LogP contribution is -2.25. The molecule has 0 spiro atoms. The van der Waals surface area contributed by atoms with Crippen LogP contribution in [0.3, 0.4) is 0 Å². The summed E-state index contributed by atoms with van der Waals surface area (Å²) in [6.07, 6.45) is 6.26. The summed E-state index contributed by atoms with van der Waals surface area (Å²) in [7, 11) is 0. The van der Waals surface area contributed by atoms with Crippen molar-refractivity contribution in [2.24, 2.45) is 5.10 Å². The first kappa shape index (κ1) is 30.8. The summed E-state index contributed by atoms with van der Waals surface area (Å²) in [5.41, 5.74) is 0.242. The number of benzene rings is 3. The maximum atomic E-state index is 13.6. The standard InChI is InChI=1S/C31H29BrFN5O6/c1-2-43-27-14-19(13-26(38(41)42)29(27)44-18-28(39)35-23-10-6-9-22(33)16-23)17-34-37-30(20-7-4-3-5-8-20)36-25-12-11-21(32)15-24(25)31(37)40/h6,9-17,20H,2-5,7-8,18H2,1H3,(H,35,39). The Morgan fingerprint density at radius 2 is 1.98 bits per heavy atom. The first-order chi connectivity index (χ1) is 21.2. The van der Waals surface area contributed by atoms with Crippen molar-refractivity contribution in [2.45, 2.75) is 44.9 Å². The third kappa shape index (κ3) is 7.10. The van der Waals surface area contributed by atoms with Crippen molar-refractivity contribution in [1.29, 1.82) is 0 Å². The van der Waals surface area contributed by atoms with Gasteiger partial charge in [-0.15, -0.1) is 0 Å². The number of hydrogen-bond acceptors (Lipinski definition) is 8. The number of fused-ring (bicyclic) bond motifs is 1. The Balaban J connectivity index is 1.49. The normalized spacial score (nSPS) is 13.7. The number of nitrogens with zero attached hydrogens (tertiary/aromatic N) is 4. The van der Waals surface area contributed by atoms with E-state index in [1.807, 2.05) is 6.07 Å². The van der Waals surface area contributed by atoms with Crippen LogP contribution in [-0.4, -0.2) is 39.9 Å². The Kier molecular flexibility index (Phi) is 9.63. The van der Waals surface area contributed by atoms with Crippen molar-refractivity contribution in [1.82, 2.24) is 9.66 Å². The van der Waals surface area contributed by atoms with Crippen LogP contribution < -0.4 is 20.3 Å². The number of carbonyl (C=O) groups excluding carboxylic acids is 1. The third-order valence-electron chi connectivity index (χ3n) is 7.14. The van der Waals surface area contributed by atoms with Crippen LogP contribution in [0.1, 0.15) is 56.3 Å². The smallest absolute Gasteiger partial charge is 0.315 e. The van der Waals surface area contributed by atoms with Crippen LogP contribution in [0, 0.1) is 15.9 Å². The van der Waals surface area contributed by atoms with E-state index in [4.69, 9.17) is 14.5 Å². The molecule has 1 heterocycles. The fourth-order valence-corrected chi connectivity index (χ4v) is 5.52. The lowest BCUT2D eigenvalue weighted by molar-refractivity contribution is -0.385. The van der Waals surface area contributed by atoms with Crippen LogP contribution in [0.2, 0.25) is 0 Å². The summed E-state index contributed by atoms with van der Waals surface area (Å²) in [5.74, 6) is -0.824. The zero-order valence-corrected chi connectivity index (χ0v) is 25.4. The lowest BCUT2D eigenvalue weighted by Gasteiger charge is -2.22. The first-order valence-corrected chi connectivity index (χ1v) is 14.9. The van der Waals surface area contributed by atoms with Crippen molar-refractivity contribution in [3.63, 3.8) is 0 Å². The molecule has 3 aromatic carbocycles. The van der Waals surface area contributed by atoms with Gasteiger partial charge in [0.2, 0.25) is 5.75 Å². The van der Waals surface area contributed by atoms with E-state index in [9.17, 15) is 24.1 Å². The molecule has 1 amide bonds. The summed E-state index contributed by atoms with van der Waals surface area (Å²) in [6, 6.07) is 13.3. The molecule has 1 aromatic heterocycles. The summed E-state index contributed by atoms with van der Waals surface area (Å²) in [5, 5.41) is 19.4.